The van der Waals surface area contributed by atoms with E-state index in [0.29, 0.717) is 5.56 Å². The largest absolute Gasteiger partial charge is 0.393 e. The first kappa shape index (κ1) is 15.8. The van der Waals surface area contributed by atoms with Crippen molar-refractivity contribution in [3.05, 3.63) is 34.1 Å². The van der Waals surface area contributed by atoms with Crippen molar-refractivity contribution in [3.8, 4) is 0 Å². The number of halogens is 2. The first-order valence-corrected chi connectivity index (χ1v) is 9.54. The predicted octanol–water partition coefficient (Wildman–Crippen LogP) is 4.40. The van der Waals surface area contributed by atoms with Gasteiger partial charge >= 0.3 is 0 Å². The van der Waals surface area contributed by atoms with Crippen LogP contribution in [0.1, 0.15) is 32.6 Å². The molecular formula is C13H20BrFO2Si. The van der Waals surface area contributed by atoms with E-state index in [1.807, 2.05) is 33.9 Å². The van der Waals surface area contributed by atoms with Crippen molar-refractivity contribution in [1.82, 2.24) is 0 Å². The summed E-state index contributed by atoms with van der Waals surface area (Å²) in [5.74, 6) is -0.304. The molecule has 1 atom stereocenters. The third-order valence-corrected chi connectivity index (χ3v) is 3.35. The van der Waals surface area contributed by atoms with Crippen molar-refractivity contribution in [2.45, 2.75) is 45.8 Å². The molecule has 0 radical (unpaired) electrons. The monoisotopic (exact) mass is 334 g/mol. The molecule has 0 heterocycles. The SMILES string of the molecule is C[SiH](C)OC(OC(C)(C)C)c1cc(Br)ccc1F. The van der Waals surface area contributed by atoms with Crippen molar-refractivity contribution in [1.29, 1.82) is 0 Å². The summed E-state index contributed by atoms with van der Waals surface area (Å²) < 4.78 is 26.3. The zero-order chi connectivity index (χ0) is 13.9. The molecule has 0 aliphatic carbocycles. The minimum atomic E-state index is -1.33. The Morgan fingerprint density at radius 2 is 1.89 bits per heavy atom. The van der Waals surface area contributed by atoms with Crippen LogP contribution >= 0.6 is 15.9 Å². The average molecular weight is 335 g/mol. The second-order valence-electron chi connectivity index (χ2n) is 5.41. The van der Waals surface area contributed by atoms with Gasteiger partial charge in [0.25, 0.3) is 0 Å². The van der Waals surface area contributed by atoms with Gasteiger partial charge in [0.2, 0.25) is 0 Å². The lowest BCUT2D eigenvalue weighted by atomic mass is 10.1. The molecule has 0 amide bonds. The van der Waals surface area contributed by atoms with Crippen LogP contribution in [0.2, 0.25) is 13.1 Å². The minimum absolute atomic E-state index is 0.304. The van der Waals surface area contributed by atoms with Gasteiger partial charge in [0.1, 0.15) is 5.82 Å². The van der Waals surface area contributed by atoms with E-state index in [2.05, 4.69) is 15.9 Å². The van der Waals surface area contributed by atoms with E-state index in [9.17, 15) is 4.39 Å². The fourth-order valence-corrected chi connectivity index (χ4v) is 2.50. The van der Waals surface area contributed by atoms with Crippen LogP contribution in [0.3, 0.4) is 0 Å². The zero-order valence-electron chi connectivity index (χ0n) is 11.5. The zero-order valence-corrected chi connectivity index (χ0v) is 14.2. The van der Waals surface area contributed by atoms with Gasteiger partial charge in [-0.1, -0.05) is 15.9 Å². The molecule has 2 nitrogen and oxygen atoms in total. The van der Waals surface area contributed by atoms with E-state index in [4.69, 9.17) is 9.16 Å². The summed E-state index contributed by atoms with van der Waals surface area (Å²) in [7, 11) is -1.33. The van der Waals surface area contributed by atoms with Crippen LogP contribution in [0.5, 0.6) is 0 Å². The summed E-state index contributed by atoms with van der Waals surface area (Å²) in [5, 5.41) is 0. The van der Waals surface area contributed by atoms with Gasteiger partial charge in [-0.25, -0.2) is 4.39 Å². The van der Waals surface area contributed by atoms with Gasteiger partial charge in [0.05, 0.1) is 5.60 Å². The van der Waals surface area contributed by atoms with Gasteiger partial charge in [-0.15, -0.1) is 0 Å². The van der Waals surface area contributed by atoms with E-state index >= 15 is 0 Å². The van der Waals surface area contributed by atoms with E-state index in [0.717, 1.165) is 4.47 Å². The number of ether oxygens (including phenoxy) is 1. The highest BCUT2D eigenvalue weighted by Crippen LogP contribution is 2.29. The molecule has 1 aromatic carbocycles. The molecule has 0 bridgehead atoms. The maximum absolute atomic E-state index is 13.9. The van der Waals surface area contributed by atoms with Crippen LogP contribution in [0, 0.1) is 5.82 Å². The molecule has 18 heavy (non-hydrogen) atoms. The molecule has 0 N–H and O–H groups in total. The van der Waals surface area contributed by atoms with Gasteiger partial charge in [-0.2, -0.15) is 0 Å². The molecule has 102 valence electrons. The molecule has 0 aliphatic rings. The average Bonchev–Trinajstić information content (AvgIpc) is 2.18. The lowest BCUT2D eigenvalue weighted by molar-refractivity contribution is -0.158. The second-order valence-corrected chi connectivity index (χ2v) is 8.70. The molecule has 1 aromatic rings. The van der Waals surface area contributed by atoms with Crippen LogP contribution in [-0.2, 0) is 9.16 Å². The Kier molecular flexibility index (Phi) is 5.52. The highest BCUT2D eigenvalue weighted by atomic mass is 79.9. The molecular weight excluding hydrogens is 315 g/mol. The van der Waals surface area contributed by atoms with E-state index < -0.39 is 15.3 Å². The predicted molar refractivity (Wildman–Crippen MR) is 77.6 cm³/mol. The van der Waals surface area contributed by atoms with Gasteiger partial charge in [-0.05, 0) is 52.1 Å². The normalized spacial score (nSPS) is 14.0. The number of benzene rings is 1. The number of rotatable bonds is 4. The maximum atomic E-state index is 13.9. The molecule has 1 unspecified atom stereocenters. The molecule has 0 aromatic heterocycles. The summed E-state index contributed by atoms with van der Waals surface area (Å²) >= 11 is 3.34. The number of hydrogen-bond donors (Lipinski definition) is 0. The Morgan fingerprint density at radius 1 is 1.28 bits per heavy atom. The van der Waals surface area contributed by atoms with E-state index in [1.165, 1.54) is 6.07 Å². The summed E-state index contributed by atoms with van der Waals surface area (Å²) in [4.78, 5) is 0. The summed E-state index contributed by atoms with van der Waals surface area (Å²) in [6.07, 6.45) is -0.644. The minimum Gasteiger partial charge on any atom is -0.393 e. The standard InChI is InChI=1S/C13H20BrFO2Si/c1-13(2,3)16-12(17-18(4)5)10-8-9(14)6-7-11(10)15/h6-8,12,18H,1-5H3. The Balaban J connectivity index is 3.04. The summed E-state index contributed by atoms with van der Waals surface area (Å²) in [6.45, 7) is 9.87. The lowest BCUT2D eigenvalue weighted by Crippen LogP contribution is -2.27. The topological polar surface area (TPSA) is 18.5 Å². The van der Waals surface area contributed by atoms with Gasteiger partial charge in [-0.3, -0.25) is 0 Å². The second kappa shape index (κ2) is 6.28. The van der Waals surface area contributed by atoms with Crippen molar-refractivity contribution in [2.75, 3.05) is 0 Å². The molecule has 0 saturated heterocycles. The summed E-state index contributed by atoms with van der Waals surface area (Å²) in [5.41, 5.74) is 0.0587. The van der Waals surface area contributed by atoms with Crippen LogP contribution < -0.4 is 0 Å². The Morgan fingerprint density at radius 3 is 2.39 bits per heavy atom. The smallest absolute Gasteiger partial charge is 0.177 e. The fraction of sp³-hybridized carbons (Fsp3) is 0.538. The van der Waals surface area contributed by atoms with E-state index in [1.54, 1.807) is 12.1 Å². The third-order valence-electron chi connectivity index (χ3n) is 2.07. The van der Waals surface area contributed by atoms with Crippen LogP contribution in [0.15, 0.2) is 22.7 Å². The van der Waals surface area contributed by atoms with Gasteiger partial charge in [0, 0.05) is 10.0 Å². The van der Waals surface area contributed by atoms with Crippen molar-refractivity contribution >= 4 is 25.0 Å². The van der Waals surface area contributed by atoms with Crippen LogP contribution in [0.25, 0.3) is 0 Å². The highest BCUT2D eigenvalue weighted by Gasteiger charge is 2.24. The van der Waals surface area contributed by atoms with Crippen LogP contribution in [0.4, 0.5) is 4.39 Å². The molecule has 1 rings (SSSR count). The fourth-order valence-electron chi connectivity index (χ4n) is 1.43. The van der Waals surface area contributed by atoms with Crippen LogP contribution in [-0.4, -0.2) is 14.6 Å². The van der Waals surface area contributed by atoms with Gasteiger partial charge in [0.15, 0.2) is 15.3 Å². The highest BCUT2D eigenvalue weighted by molar-refractivity contribution is 9.10. The first-order chi connectivity index (χ1) is 8.19. The summed E-state index contributed by atoms with van der Waals surface area (Å²) in [6, 6.07) is 4.80. The molecule has 0 fully saturated rings. The Hall–Kier alpha value is -0.233. The van der Waals surface area contributed by atoms with Crippen molar-refractivity contribution < 1.29 is 13.6 Å². The van der Waals surface area contributed by atoms with Crippen molar-refractivity contribution in [3.63, 3.8) is 0 Å². The third kappa shape index (κ3) is 5.18. The Bertz CT molecular complexity index is 404. The molecule has 0 spiro atoms. The molecule has 0 aliphatic heterocycles. The quantitative estimate of drug-likeness (QED) is 0.600. The lowest BCUT2D eigenvalue weighted by Gasteiger charge is -2.29. The van der Waals surface area contributed by atoms with Crippen molar-refractivity contribution in [2.24, 2.45) is 0 Å². The first-order valence-electron chi connectivity index (χ1n) is 5.97. The maximum Gasteiger partial charge on any atom is 0.177 e. The van der Waals surface area contributed by atoms with Gasteiger partial charge < -0.3 is 9.16 Å². The number of hydrogen-bond acceptors (Lipinski definition) is 2. The Labute approximate surface area is 118 Å². The molecule has 5 heteroatoms. The van der Waals surface area contributed by atoms with E-state index in [-0.39, 0.29) is 11.4 Å². The molecule has 0 saturated carbocycles.